The lowest BCUT2D eigenvalue weighted by atomic mass is 9.95. The fourth-order valence-electron chi connectivity index (χ4n) is 4.61. The highest BCUT2D eigenvalue weighted by molar-refractivity contribution is 6.46. The van der Waals surface area contributed by atoms with E-state index in [-0.39, 0.29) is 11.3 Å². The van der Waals surface area contributed by atoms with Crippen LogP contribution in [0.25, 0.3) is 5.76 Å². The summed E-state index contributed by atoms with van der Waals surface area (Å²) in [5, 5.41) is 11.9. The van der Waals surface area contributed by atoms with Crippen molar-refractivity contribution in [3.05, 3.63) is 70.3 Å². The van der Waals surface area contributed by atoms with Crippen LogP contribution in [0.3, 0.4) is 0 Å². The summed E-state index contributed by atoms with van der Waals surface area (Å²) in [6.07, 6.45) is 2.63. The van der Waals surface area contributed by atoms with Crippen molar-refractivity contribution >= 4 is 29.1 Å². The van der Waals surface area contributed by atoms with Crippen molar-refractivity contribution in [3.8, 4) is 5.75 Å². The van der Waals surface area contributed by atoms with Gasteiger partial charge in [-0.05, 0) is 42.7 Å². The van der Waals surface area contributed by atoms with Gasteiger partial charge in [0.15, 0.2) is 0 Å². The maximum Gasteiger partial charge on any atom is 0.295 e. The molecule has 0 saturated carbocycles. The summed E-state index contributed by atoms with van der Waals surface area (Å²) in [6.45, 7) is 6.98. The molecule has 2 heterocycles. The van der Waals surface area contributed by atoms with Gasteiger partial charge in [0.25, 0.3) is 11.7 Å². The summed E-state index contributed by atoms with van der Waals surface area (Å²) in [6, 6.07) is 13.4. The van der Waals surface area contributed by atoms with Crippen LogP contribution in [0.5, 0.6) is 5.75 Å². The summed E-state index contributed by atoms with van der Waals surface area (Å²) in [7, 11) is 0. The molecular formula is C28H33ClN2O5. The number of aliphatic hydroxyl groups is 1. The van der Waals surface area contributed by atoms with Gasteiger partial charge in [-0.25, -0.2) is 0 Å². The van der Waals surface area contributed by atoms with E-state index in [9.17, 15) is 14.7 Å². The molecule has 1 atom stereocenters. The molecule has 1 N–H and O–H groups in total. The molecule has 192 valence electrons. The lowest BCUT2D eigenvalue weighted by Gasteiger charge is -2.29. The normalized spacial score (nSPS) is 20.2. The second-order valence-corrected chi connectivity index (χ2v) is 9.52. The number of amides is 1. The van der Waals surface area contributed by atoms with Gasteiger partial charge >= 0.3 is 0 Å². The number of Topliss-reactive ketones (excluding diaryl/α,β-unsaturated/α-hetero) is 1. The van der Waals surface area contributed by atoms with Crippen molar-refractivity contribution in [2.75, 3.05) is 46.0 Å². The molecule has 36 heavy (non-hydrogen) atoms. The number of likely N-dealkylation sites (tertiary alicyclic amines) is 1. The molecule has 0 bridgehead atoms. The van der Waals surface area contributed by atoms with E-state index < -0.39 is 17.7 Å². The molecule has 0 aliphatic carbocycles. The number of hydrogen-bond donors (Lipinski definition) is 1. The number of benzene rings is 2. The Hall–Kier alpha value is -2.87. The molecule has 0 radical (unpaired) electrons. The van der Waals surface area contributed by atoms with E-state index in [1.54, 1.807) is 47.4 Å². The minimum absolute atomic E-state index is 0.0828. The standard InChI is InChI=1S/C28H33ClN2O5/c1-2-3-16-36-23-7-4-6-21(19-23)26(32)24-25(20-8-10-22(29)11-9-20)31(28(34)27(24)33)13-5-12-30-14-17-35-18-15-30/h4,6-11,19,25,32H,2-3,5,12-18H2,1H3/b26-24+. The van der Waals surface area contributed by atoms with Gasteiger partial charge in [-0.1, -0.05) is 49.2 Å². The molecule has 1 amide bonds. The van der Waals surface area contributed by atoms with Crippen molar-refractivity contribution < 1.29 is 24.2 Å². The Labute approximate surface area is 217 Å². The molecular weight excluding hydrogens is 480 g/mol. The zero-order chi connectivity index (χ0) is 25.5. The second kappa shape index (κ2) is 12.4. The number of carbonyl (C=O) groups is 2. The number of halogens is 1. The summed E-state index contributed by atoms with van der Waals surface area (Å²) >= 11 is 6.11. The summed E-state index contributed by atoms with van der Waals surface area (Å²) < 4.78 is 11.2. The zero-order valence-electron chi connectivity index (χ0n) is 20.6. The number of hydrogen-bond acceptors (Lipinski definition) is 6. The first-order chi connectivity index (χ1) is 17.5. The quantitative estimate of drug-likeness (QED) is 0.216. The van der Waals surface area contributed by atoms with Gasteiger partial charge in [-0.15, -0.1) is 0 Å². The van der Waals surface area contributed by atoms with Gasteiger partial charge in [0.05, 0.1) is 31.4 Å². The predicted octanol–water partition coefficient (Wildman–Crippen LogP) is 4.66. The number of rotatable bonds is 10. The molecule has 2 saturated heterocycles. The Morgan fingerprint density at radius 3 is 2.56 bits per heavy atom. The van der Waals surface area contributed by atoms with Crippen LogP contribution in [0.2, 0.25) is 5.02 Å². The first-order valence-electron chi connectivity index (χ1n) is 12.6. The van der Waals surface area contributed by atoms with Gasteiger partial charge in [-0.3, -0.25) is 14.5 Å². The molecule has 2 aromatic rings. The van der Waals surface area contributed by atoms with E-state index >= 15 is 0 Å². The molecule has 2 aromatic carbocycles. The van der Waals surface area contributed by atoms with Crippen LogP contribution in [0.1, 0.15) is 43.4 Å². The van der Waals surface area contributed by atoms with E-state index in [2.05, 4.69) is 11.8 Å². The smallest absolute Gasteiger partial charge is 0.295 e. The zero-order valence-corrected chi connectivity index (χ0v) is 21.4. The van der Waals surface area contributed by atoms with Crippen molar-refractivity contribution in [1.29, 1.82) is 0 Å². The molecule has 2 aliphatic heterocycles. The molecule has 2 fully saturated rings. The average Bonchev–Trinajstić information content (AvgIpc) is 3.15. The van der Waals surface area contributed by atoms with Crippen molar-refractivity contribution in [3.63, 3.8) is 0 Å². The summed E-state index contributed by atoms with van der Waals surface area (Å²) in [4.78, 5) is 30.3. The number of nitrogens with zero attached hydrogens (tertiary/aromatic N) is 2. The van der Waals surface area contributed by atoms with Gasteiger partial charge in [0, 0.05) is 36.8 Å². The van der Waals surface area contributed by atoms with E-state index in [1.165, 1.54) is 0 Å². The molecule has 1 unspecified atom stereocenters. The molecule has 0 aromatic heterocycles. The van der Waals surface area contributed by atoms with E-state index in [4.69, 9.17) is 21.1 Å². The number of aliphatic hydroxyl groups excluding tert-OH is 1. The highest BCUT2D eigenvalue weighted by atomic mass is 35.5. The first kappa shape index (κ1) is 26.2. The third-order valence-corrected chi connectivity index (χ3v) is 6.83. The highest BCUT2D eigenvalue weighted by Gasteiger charge is 2.45. The van der Waals surface area contributed by atoms with E-state index in [1.807, 2.05) is 6.07 Å². The van der Waals surface area contributed by atoms with Gasteiger partial charge in [0.1, 0.15) is 11.5 Å². The van der Waals surface area contributed by atoms with Gasteiger partial charge in [-0.2, -0.15) is 0 Å². The van der Waals surface area contributed by atoms with E-state index in [0.717, 1.165) is 38.0 Å². The van der Waals surface area contributed by atoms with Crippen molar-refractivity contribution in [2.24, 2.45) is 0 Å². The number of carbonyl (C=O) groups excluding carboxylic acids is 2. The van der Waals surface area contributed by atoms with Crippen molar-refractivity contribution in [2.45, 2.75) is 32.2 Å². The largest absolute Gasteiger partial charge is 0.507 e. The number of unbranched alkanes of at least 4 members (excludes halogenated alkanes) is 1. The Balaban J connectivity index is 1.64. The average molecular weight is 513 g/mol. The van der Waals surface area contributed by atoms with Crippen LogP contribution >= 0.6 is 11.6 Å². The number of ketones is 1. The summed E-state index contributed by atoms with van der Waals surface area (Å²) in [5.41, 5.74) is 1.25. The molecule has 0 spiro atoms. The maximum absolute atomic E-state index is 13.2. The molecule has 8 heteroatoms. The minimum atomic E-state index is -0.698. The Kier molecular flexibility index (Phi) is 9.02. The Bertz CT molecular complexity index is 1100. The number of morpholine rings is 1. The third kappa shape index (κ3) is 6.09. The summed E-state index contributed by atoms with van der Waals surface area (Å²) in [5.74, 6) is -0.884. The Morgan fingerprint density at radius 2 is 1.83 bits per heavy atom. The minimum Gasteiger partial charge on any atom is -0.507 e. The lowest BCUT2D eigenvalue weighted by Crippen LogP contribution is -2.38. The van der Waals surface area contributed by atoms with Crippen LogP contribution in [-0.2, 0) is 14.3 Å². The SMILES string of the molecule is CCCCOc1cccc(/C(O)=C2\C(=O)C(=O)N(CCCN3CCOCC3)C2c2ccc(Cl)cc2)c1. The van der Waals surface area contributed by atoms with Gasteiger partial charge < -0.3 is 19.5 Å². The fourth-order valence-corrected chi connectivity index (χ4v) is 4.74. The molecule has 2 aliphatic rings. The monoisotopic (exact) mass is 512 g/mol. The number of ether oxygens (including phenoxy) is 2. The topological polar surface area (TPSA) is 79.3 Å². The van der Waals surface area contributed by atoms with Crippen LogP contribution in [-0.4, -0.2) is 72.6 Å². The van der Waals surface area contributed by atoms with Gasteiger partial charge in [0.2, 0.25) is 0 Å². The third-order valence-electron chi connectivity index (χ3n) is 6.58. The van der Waals surface area contributed by atoms with Crippen LogP contribution in [0.4, 0.5) is 0 Å². The van der Waals surface area contributed by atoms with E-state index in [0.29, 0.717) is 49.1 Å². The predicted molar refractivity (Wildman–Crippen MR) is 139 cm³/mol. The first-order valence-corrected chi connectivity index (χ1v) is 12.9. The highest BCUT2D eigenvalue weighted by Crippen LogP contribution is 2.40. The molecule has 4 rings (SSSR count). The fraction of sp³-hybridized carbons (Fsp3) is 0.429. The van der Waals surface area contributed by atoms with Crippen LogP contribution in [0.15, 0.2) is 54.1 Å². The second-order valence-electron chi connectivity index (χ2n) is 9.08. The Morgan fingerprint density at radius 1 is 1.08 bits per heavy atom. The van der Waals surface area contributed by atoms with Crippen molar-refractivity contribution in [1.82, 2.24) is 9.80 Å². The molecule has 7 nitrogen and oxygen atoms in total. The maximum atomic E-state index is 13.2. The van der Waals surface area contributed by atoms with Crippen LogP contribution < -0.4 is 4.74 Å². The lowest BCUT2D eigenvalue weighted by molar-refractivity contribution is -0.140. The van der Waals surface area contributed by atoms with Crippen LogP contribution in [0, 0.1) is 0 Å².